The summed E-state index contributed by atoms with van der Waals surface area (Å²) in [4.78, 5) is 27.1. The number of aliphatic hydroxyl groups excluding tert-OH is 1. The summed E-state index contributed by atoms with van der Waals surface area (Å²) in [5, 5.41) is 13.9. The first-order valence-corrected chi connectivity index (χ1v) is 12.0. The van der Waals surface area contributed by atoms with Crippen LogP contribution in [-0.4, -0.2) is 64.3 Å². The van der Waals surface area contributed by atoms with E-state index in [-0.39, 0.29) is 36.6 Å². The first kappa shape index (κ1) is 23.2. The molecule has 1 aromatic carbocycles. The SMILES string of the molecule is O=C(NC12CC(N3CC(C4CC(OC(F)(F)F)C4)OC3=O)(C1)C2)[C@@H]1C[C@@H](O)c2cc(Cl)ccc2O1. The Balaban J connectivity index is 1.01. The Hall–Kier alpha value is -2.24. The average Bonchev–Trinajstić information content (AvgIpc) is 3.06. The first-order chi connectivity index (χ1) is 16.4. The van der Waals surface area contributed by atoms with Crippen LogP contribution in [0.2, 0.25) is 5.02 Å². The molecule has 2 bridgehead atoms. The van der Waals surface area contributed by atoms with Gasteiger partial charge in [-0.15, -0.1) is 13.2 Å². The number of aliphatic hydroxyl groups is 1. The standard InChI is InChI=1S/C23H24ClF3N2O6/c24-12-1-2-16-14(5-12)15(30)6-17(33-16)19(31)28-21-8-22(9-21,10-21)29-7-18(34-20(29)32)11-3-13(4-11)35-23(25,26)27/h1-2,5,11,13,15,17-18,30H,3-4,6-10H2,(H,28,31)/t11?,13?,15-,17+,18?,21?,22?/m1/s1. The summed E-state index contributed by atoms with van der Waals surface area (Å²) in [5.41, 5.74) is -0.261. The molecule has 3 atom stereocenters. The molecule has 0 radical (unpaired) electrons. The molecule has 0 aromatic heterocycles. The number of rotatable bonds is 5. The van der Waals surface area contributed by atoms with Crippen LogP contribution in [0.5, 0.6) is 5.75 Å². The van der Waals surface area contributed by atoms with Gasteiger partial charge in [-0.1, -0.05) is 11.6 Å². The monoisotopic (exact) mass is 516 g/mol. The second-order valence-electron chi connectivity index (χ2n) is 10.5. The number of cyclic esters (lactones) is 1. The lowest BCUT2D eigenvalue weighted by Gasteiger charge is -2.72. The highest BCUT2D eigenvalue weighted by molar-refractivity contribution is 6.30. The van der Waals surface area contributed by atoms with Gasteiger partial charge in [0.2, 0.25) is 0 Å². The topological polar surface area (TPSA) is 97.3 Å². The highest BCUT2D eigenvalue weighted by atomic mass is 35.5. The highest BCUT2D eigenvalue weighted by Gasteiger charge is 2.73. The fourth-order valence-electron chi connectivity index (χ4n) is 6.39. The second kappa shape index (κ2) is 7.63. The number of nitrogens with one attached hydrogen (secondary N) is 1. The molecule has 2 aliphatic heterocycles. The van der Waals surface area contributed by atoms with E-state index in [9.17, 15) is 27.9 Å². The molecule has 2 heterocycles. The van der Waals surface area contributed by atoms with Crippen LogP contribution in [0.15, 0.2) is 18.2 Å². The van der Waals surface area contributed by atoms with Gasteiger partial charge < -0.3 is 19.9 Å². The summed E-state index contributed by atoms with van der Waals surface area (Å²) < 4.78 is 52.3. The molecule has 1 saturated heterocycles. The maximum atomic E-state index is 12.9. The third-order valence-electron chi connectivity index (χ3n) is 8.09. The number of hydrogen-bond acceptors (Lipinski definition) is 6. The van der Waals surface area contributed by atoms with E-state index < -0.39 is 42.4 Å². The van der Waals surface area contributed by atoms with Gasteiger partial charge in [0.25, 0.3) is 5.91 Å². The van der Waals surface area contributed by atoms with Crippen LogP contribution in [-0.2, 0) is 14.3 Å². The Morgan fingerprint density at radius 2 is 1.91 bits per heavy atom. The zero-order chi connectivity index (χ0) is 24.8. The number of nitrogens with zero attached hydrogens (tertiary/aromatic N) is 1. The molecule has 35 heavy (non-hydrogen) atoms. The smallest absolute Gasteiger partial charge is 0.480 e. The Kier molecular flexibility index (Phi) is 5.05. The van der Waals surface area contributed by atoms with Gasteiger partial charge in [0.1, 0.15) is 11.9 Å². The quantitative estimate of drug-likeness (QED) is 0.622. The van der Waals surface area contributed by atoms with E-state index in [0.717, 1.165) is 0 Å². The molecule has 12 heteroatoms. The summed E-state index contributed by atoms with van der Waals surface area (Å²) in [7, 11) is 0. The van der Waals surface area contributed by atoms with Gasteiger partial charge in [0, 0.05) is 28.5 Å². The molecule has 2 amide bonds. The summed E-state index contributed by atoms with van der Waals surface area (Å²) >= 11 is 5.97. The van der Waals surface area contributed by atoms with Crippen molar-refractivity contribution in [2.24, 2.45) is 5.92 Å². The maximum Gasteiger partial charge on any atom is 0.522 e. The minimum Gasteiger partial charge on any atom is -0.480 e. The number of fused-ring (bicyclic) bond motifs is 1. The van der Waals surface area contributed by atoms with Crippen molar-refractivity contribution in [1.29, 1.82) is 0 Å². The minimum atomic E-state index is -4.66. The molecule has 7 rings (SSSR count). The molecule has 6 aliphatic rings. The third kappa shape index (κ3) is 3.92. The van der Waals surface area contributed by atoms with Crippen molar-refractivity contribution in [1.82, 2.24) is 10.2 Å². The lowest BCUT2D eigenvalue weighted by molar-refractivity contribution is -0.355. The van der Waals surface area contributed by atoms with Crippen molar-refractivity contribution in [3.63, 3.8) is 0 Å². The van der Waals surface area contributed by atoms with Crippen LogP contribution < -0.4 is 10.1 Å². The van der Waals surface area contributed by atoms with Gasteiger partial charge >= 0.3 is 12.5 Å². The fraction of sp³-hybridized carbons (Fsp3) is 0.652. The highest BCUT2D eigenvalue weighted by Crippen LogP contribution is 2.64. The lowest BCUT2D eigenvalue weighted by Crippen LogP contribution is -2.84. The van der Waals surface area contributed by atoms with E-state index in [2.05, 4.69) is 10.1 Å². The van der Waals surface area contributed by atoms with Crippen molar-refractivity contribution in [3.8, 4) is 5.75 Å². The van der Waals surface area contributed by atoms with E-state index in [1.165, 1.54) is 0 Å². The Labute approximate surface area is 203 Å². The van der Waals surface area contributed by atoms with Crippen LogP contribution in [0.1, 0.15) is 50.2 Å². The molecule has 4 saturated carbocycles. The van der Waals surface area contributed by atoms with Gasteiger partial charge in [-0.25, -0.2) is 4.79 Å². The van der Waals surface area contributed by atoms with E-state index in [1.807, 2.05) is 0 Å². The van der Waals surface area contributed by atoms with Gasteiger partial charge in [-0.2, -0.15) is 0 Å². The Morgan fingerprint density at radius 1 is 1.20 bits per heavy atom. The first-order valence-electron chi connectivity index (χ1n) is 11.6. The van der Waals surface area contributed by atoms with Crippen molar-refractivity contribution in [2.45, 2.75) is 80.4 Å². The van der Waals surface area contributed by atoms with Crippen LogP contribution in [0.3, 0.4) is 0 Å². The van der Waals surface area contributed by atoms with Crippen LogP contribution in [0, 0.1) is 5.92 Å². The summed E-state index contributed by atoms with van der Waals surface area (Å²) in [5.74, 6) is -0.0398. The van der Waals surface area contributed by atoms with Crippen LogP contribution >= 0.6 is 11.6 Å². The van der Waals surface area contributed by atoms with Crippen LogP contribution in [0.4, 0.5) is 18.0 Å². The molecule has 1 unspecified atom stereocenters. The van der Waals surface area contributed by atoms with Gasteiger partial charge in [-0.3, -0.25) is 14.4 Å². The molecule has 1 aromatic rings. The van der Waals surface area contributed by atoms with Crippen molar-refractivity contribution < 1.29 is 42.1 Å². The maximum absolute atomic E-state index is 12.9. The number of alkyl halides is 3. The van der Waals surface area contributed by atoms with Gasteiger partial charge in [0.05, 0.1) is 24.3 Å². The fourth-order valence-corrected chi connectivity index (χ4v) is 6.57. The summed E-state index contributed by atoms with van der Waals surface area (Å²) in [6.07, 6.45) is -5.86. The molecule has 8 nitrogen and oxygen atoms in total. The van der Waals surface area contributed by atoms with E-state index in [4.69, 9.17) is 21.1 Å². The average molecular weight is 517 g/mol. The largest absolute Gasteiger partial charge is 0.522 e. The number of halogens is 4. The molecule has 5 fully saturated rings. The molecule has 0 spiro atoms. The molecular weight excluding hydrogens is 493 g/mol. The normalized spacial score (nSPS) is 39.4. The van der Waals surface area contributed by atoms with Crippen molar-refractivity contribution in [2.75, 3.05) is 6.54 Å². The Morgan fingerprint density at radius 3 is 2.60 bits per heavy atom. The summed E-state index contributed by atoms with van der Waals surface area (Å²) in [6, 6.07) is 4.88. The van der Waals surface area contributed by atoms with Gasteiger partial charge in [-0.05, 0) is 50.3 Å². The molecule has 190 valence electrons. The number of benzene rings is 1. The molecular formula is C23H24ClF3N2O6. The van der Waals surface area contributed by atoms with Crippen molar-refractivity contribution in [3.05, 3.63) is 28.8 Å². The predicted molar refractivity (Wildman–Crippen MR) is 114 cm³/mol. The summed E-state index contributed by atoms with van der Waals surface area (Å²) in [6.45, 7) is 0.337. The van der Waals surface area contributed by atoms with E-state index in [0.29, 0.717) is 42.1 Å². The second-order valence-corrected chi connectivity index (χ2v) is 11.0. The predicted octanol–water partition coefficient (Wildman–Crippen LogP) is 3.45. The van der Waals surface area contributed by atoms with Crippen molar-refractivity contribution >= 4 is 23.6 Å². The lowest BCUT2D eigenvalue weighted by atomic mass is 9.43. The number of ether oxygens (including phenoxy) is 3. The zero-order valence-electron chi connectivity index (χ0n) is 18.5. The van der Waals surface area contributed by atoms with E-state index >= 15 is 0 Å². The minimum absolute atomic E-state index is 0.112. The van der Waals surface area contributed by atoms with Crippen LogP contribution in [0.25, 0.3) is 0 Å². The number of carbonyl (C=O) groups excluding carboxylic acids is 2. The molecule has 4 aliphatic carbocycles. The van der Waals surface area contributed by atoms with Gasteiger partial charge in [0.15, 0.2) is 6.10 Å². The zero-order valence-corrected chi connectivity index (χ0v) is 19.3. The number of hydrogen-bond donors (Lipinski definition) is 2. The molecule has 2 N–H and O–H groups in total. The number of amides is 2. The number of carbonyl (C=O) groups is 2. The van der Waals surface area contributed by atoms with E-state index in [1.54, 1.807) is 23.1 Å². The third-order valence-corrected chi connectivity index (χ3v) is 8.32. The Bertz CT molecular complexity index is 1060.